The average Bonchev–Trinajstić information content (AvgIpc) is 2.81. The summed E-state index contributed by atoms with van der Waals surface area (Å²) in [6.45, 7) is 5.17. The summed E-state index contributed by atoms with van der Waals surface area (Å²) < 4.78 is 0. The number of nitrogens with zero attached hydrogens (tertiary/aromatic N) is 1. The molecule has 3 heteroatoms. The molecule has 104 valence electrons. The number of nitrogens with one attached hydrogen (secondary N) is 1. The Kier molecular flexibility index (Phi) is 4.97. The zero-order valence-corrected chi connectivity index (χ0v) is 12.0. The normalized spacial score (nSPS) is 19.6. The van der Waals surface area contributed by atoms with Crippen LogP contribution in [0.1, 0.15) is 24.0 Å². The fourth-order valence-electron chi connectivity index (χ4n) is 2.55. The molecule has 0 radical (unpaired) electrons. The Morgan fingerprint density at radius 2 is 2.11 bits per heavy atom. The van der Waals surface area contributed by atoms with Crippen molar-refractivity contribution >= 4 is 5.91 Å². The summed E-state index contributed by atoms with van der Waals surface area (Å²) in [6, 6.07) is 8.41. The summed E-state index contributed by atoms with van der Waals surface area (Å²) in [5, 5.41) is 3.06. The molecular weight excluding hydrogens is 236 g/mol. The van der Waals surface area contributed by atoms with Gasteiger partial charge in [0, 0.05) is 19.5 Å². The smallest absolute Gasteiger partial charge is 0.220 e. The van der Waals surface area contributed by atoms with E-state index in [1.165, 1.54) is 17.5 Å². The van der Waals surface area contributed by atoms with Crippen LogP contribution in [0, 0.1) is 12.8 Å². The number of hydrogen-bond donors (Lipinski definition) is 1. The van der Waals surface area contributed by atoms with Crippen molar-refractivity contribution in [3.8, 4) is 0 Å². The van der Waals surface area contributed by atoms with Gasteiger partial charge in [-0.05, 0) is 44.8 Å². The minimum absolute atomic E-state index is 0.176. The molecule has 1 saturated heterocycles. The third-order valence-corrected chi connectivity index (χ3v) is 3.84. The molecule has 1 N–H and O–H groups in total. The Bertz CT molecular complexity index is 413. The Labute approximate surface area is 116 Å². The quantitative estimate of drug-likeness (QED) is 0.878. The summed E-state index contributed by atoms with van der Waals surface area (Å²) in [7, 11) is 2.14. The summed E-state index contributed by atoms with van der Waals surface area (Å²) in [5.74, 6) is 0.809. The summed E-state index contributed by atoms with van der Waals surface area (Å²) >= 11 is 0. The van der Waals surface area contributed by atoms with Gasteiger partial charge >= 0.3 is 0 Å². The molecule has 0 aromatic heterocycles. The molecule has 0 aliphatic carbocycles. The van der Waals surface area contributed by atoms with Crippen LogP contribution in [-0.2, 0) is 11.2 Å². The number of likely N-dealkylation sites (tertiary alicyclic amines) is 1. The second kappa shape index (κ2) is 6.71. The van der Waals surface area contributed by atoms with Gasteiger partial charge in [-0.25, -0.2) is 0 Å². The van der Waals surface area contributed by atoms with Gasteiger partial charge in [-0.3, -0.25) is 4.79 Å². The maximum absolute atomic E-state index is 11.8. The van der Waals surface area contributed by atoms with Crippen molar-refractivity contribution in [3.05, 3.63) is 35.4 Å². The molecule has 1 aromatic carbocycles. The van der Waals surface area contributed by atoms with Gasteiger partial charge in [-0.2, -0.15) is 0 Å². The van der Waals surface area contributed by atoms with Crippen molar-refractivity contribution in [2.75, 3.05) is 26.7 Å². The lowest BCUT2D eigenvalue weighted by Crippen LogP contribution is -2.30. The first kappa shape index (κ1) is 14.1. The van der Waals surface area contributed by atoms with Crippen molar-refractivity contribution in [3.63, 3.8) is 0 Å². The lowest BCUT2D eigenvalue weighted by molar-refractivity contribution is -0.121. The molecule has 1 amide bonds. The van der Waals surface area contributed by atoms with Crippen molar-refractivity contribution in [2.24, 2.45) is 5.92 Å². The number of amides is 1. The van der Waals surface area contributed by atoms with Crippen molar-refractivity contribution in [2.45, 2.75) is 26.2 Å². The van der Waals surface area contributed by atoms with E-state index < -0.39 is 0 Å². The van der Waals surface area contributed by atoms with Gasteiger partial charge in [0.2, 0.25) is 5.91 Å². The fraction of sp³-hybridized carbons (Fsp3) is 0.562. The first-order valence-corrected chi connectivity index (χ1v) is 7.14. The number of hydrogen-bond acceptors (Lipinski definition) is 2. The first-order valence-electron chi connectivity index (χ1n) is 7.14. The van der Waals surface area contributed by atoms with Crippen LogP contribution in [-0.4, -0.2) is 37.5 Å². The van der Waals surface area contributed by atoms with Crippen molar-refractivity contribution in [1.82, 2.24) is 10.2 Å². The van der Waals surface area contributed by atoms with Gasteiger partial charge in [-0.15, -0.1) is 0 Å². The van der Waals surface area contributed by atoms with Gasteiger partial charge in [-0.1, -0.05) is 29.8 Å². The van der Waals surface area contributed by atoms with Crippen LogP contribution in [0.3, 0.4) is 0 Å². The number of carbonyl (C=O) groups is 1. The van der Waals surface area contributed by atoms with Crippen LogP contribution in [0.4, 0.5) is 0 Å². The second-order valence-corrected chi connectivity index (χ2v) is 5.71. The Balaban J connectivity index is 1.65. The lowest BCUT2D eigenvalue weighted by atomic mass is 10.1. The molecule has 0 saturated carbocycles. The van der Waals surface area contributed by atoms with E-state index >= 15 is 0 Å². The lowest BCUT2D eigenvalue weighted by Gasteiger charge is -2.11. The van der Waals surface area contributed by atoms with Gasteiger partial charge in [0.1, 0.15) is 0 Å². The maximum atomic E-state index is 11.8. The van der Waals surface area contributed by atoms with Gasteiger partial charge in [0.15, 0.2) is 0 Å². The summed E-state index contributed by atoms with van der Waals surface area (Å²) in [5.41, 5.74) is 2.50. The van der Waals surface area contributed by atoms with Gasteiger partial charge in [0.25, 0.3) is 0 Å². The minimum Gasteiger partial charge on any atom is -0.356 e. The molecule has 1 aliphatic heterocycles. The predicted octanol–water partition coefficient (Wildman–Crippen LogP) is 2.00. The molecular formula is C16H24N2O. The fourth-order valence-corrected chi connectivity index (χ4v) is 2.55. The van der Waals surface area contributed by atoms with Crippen LogP contribution < -0.4 is 5.32 Å². The maximum Gasteiger partial charge on any atom is 0.220 e. The molecule has 2 rings (SSSR count). The van der Waals surface area contributed by atoms with E-state index in [2.05, 4.69) is 48.5 Å². The predicted molar refractivity (Wildman–Crippen MR) is 78.1 cm³/mol. The van der Waals surface area contributed by atoms with E-state index in [1.807, 2.05) is 0 Å². The van der Waals surface area contributed by atoms with Crippen LogP contribution in [0.25, 0.3) is 0 Å². The highest BCUT2D eigenvalue weighted by Gasteiger charge is 2.19. The average molecular weight is 260 g/mol. The number of benzene rings is 1. The molecule has 1 aliphatic rings. The molecule has 1 fully saturated rings. The molecule has 1 unspecified atom stereocenters. The van der Waals surface area contributed by atoms with Crippen LogP contribution >= 0.6 is 0 Å². The van der Waals surface area contributed by atoms with E-state index in [0.29, 0.717) is 12.3 Å². The van der Waals surface area contributed by atoms with Crippen LogP contribution in [0.5, 0.6) is 0 Å². The summed E-state index contributed by atoms with van der Waals surface area (Å²) in [4.78, 5) is 14.1. The van der Waals surface area contributed by atoms with Crippen molar-refractivity contribution in [1.29, 1.82) is 0 Å². The zero-order chi connectivity index (χ0) is 13.7. The number of aryl methyl sites for hydroxylation is 2. The highest BCUT2D eigenvalue weighted by atomic mass is 16.1. The molecule has 19 heavy (non-hydrogen) atoms. The third-order valence-electron chi connectivity index (χ3n) is 3.84. The SMILES string of the molecule is Cc1ccc(CCC(=O)NCC2CCN(C)C2)cc1. The minimum atomic E-state index is 0.176. The zero-order valence-electron chi connectivity index (χ0n) is 12.0. The van der Waals surface area contributed by atoms with E-state index in [9.17, 15) is 4.79 Å². The highest BCUT2D eigenvalue weighted by molar-refractivity contribution is 5.76. The number of rotatable bonds is 5. The third kappa shape index (κ3) is 4.67. The first-order chi connectivity index (χ1) is 9.13. The topological polar surface area (TPSA) is 32.3 Å². The summed E-state index contributed by atoms with van der Waals surface area (Å²) in [6.07, 6.45) is 2.62. The Hall–Kier alpha value is -1.35. The Morgan fingerprint density at radius 1 is 1.37 bits per heavy atom. The molecule has 0 bridgehead atoms. The Morgan fingerprint density at radius 3 is 2.74 bits per heavy atom. The molecule has 3 nitrogen and oxygen atoms in total. The van der Waals surface area contributed by atoms with E-state index in [1.54, 1.807) is 0 Å². The van der Waals surface area contributed by atoms with E-state index in [4.69, 9.17) is 0 Å². The van der Waals surface area contributed by atoms with E-state index in [-0.39, 0.29) is 5.91 Å². The molecule has 1 aromatic rings. The monoisotopic (exact) mass is 260 g/mol. The molecule has 1 atom stereocenters. The molecule has 0 spiro atoms. The second-order valence-electron chi connectivity index (χ2n) is 5.71. The van der Waals surface area contributed by atoms with Gasteiger partial charge < -0.3 is 10.2 Å². The molecule has 1 heterocycles. The standard InChI is InChI=1S/C16H24N2O/c1-13-3-5-14(6-4-13)7-8-16(19)17-11-15-9-10-18(2)12-15/h3-6,15H,7-12H2,1-2H3,(H,17,19). The van der Waals surface area contributed by atoms with Crippen LogP contribution in [0.2, 0.25) is 0 Å². The largest absolute Gasteiger partial charge is 0.356 e. The highest BCUT2D eigenvalue weighted by Crippen LogP contribution is 2.13. The van der Waals surface area contributed by atoms with Crippen LogP contribution in [0.15, 0.2) is 24.3 Å². The van der Waals surface area contributed by atoms with E-state index in [0.717, 1.165) is 26.1 Å². The van der Waals surface area contributed by atoms with Crippen molar-refractivity contribution < 1.29 is 4.79 Å². The number of carbonyl (C=O) groups excluding carboxylic acids is 1. The van der Waals surface area contributed by atoms with Gasteiger partial charge in [0.05, 0.1) is 0 Å².